The smallest absolute Gasteiger partial charge is 0.331 e. The van der Waals surface area contributed by atoms with Crippen LogP contribution < -0.4 is 16.6 Å². The normalized spacial score (nSPS) is 10.7. The first-order valence-corrected chi connectivity index (χ1v) is 8.76. The van der Waals surface area contributed by atoms with Crippen LogP contribution in [0.5, 0.6) is 0 Å². The number of aromatic nitrogens is 2. The van der Waals surface area contributed by atoms with Crippen molar-refractivity contribution in [2.75, 3.05) is 13.2 Å². The number of esters is 1. The summed E-state index contributed by atoms with van der Waals surface area (Å²) in [4.78, 5) is 48.6. The average Bonchev–Trinajstić information content (AvgIpc) is 2.73. The van der Waals surface area contributed by atoms with E-state index >= 15 is 0 Å². The topological polar surface area (TPSA) is 99.4 Å². The van der Waals surface area contributed by atoms with Gasteiger partial charge in [0, 0.05) is 12.6 Å². The molecule has 0 aliphatic rings. The second kappa shape index (κ2) is 8.51. The molecular formula is C20H18FN3O5. The molecule has 9 heteroatoms. The van der Waals surface area contributed by atoms with Gasteiger partial charge in [-0.3, -0.25) is 23.5 Å². The predicted octanol–water partition coefficient (Wildman–Crippen LogP) is 0.812. The highest BCUT2D eigenvalue weighted by Crippen LogP contribution is 2.05. The minimum absolute atomic E-state index is 0.117. The summed E-state index contributed by atoms with van der Waals surface area (Å²) in [5, 5.41) is 2.73. The van der Waals surface area contributed by atoms with E-state index in [4.69, 9.17) is 4.74 Å². The van der Waals surface area contributed by atoms with E-state index in [0.717, 1.165) is 16.7 Å². The number of nitrogens with zero attached hydrogens (tertiary/aromatic N) is 2. The molecule has 1 aromatic heterocycles. The summed E-state index contributed by atoms with van der Waals surface area (Å²) < 4.78 is 20.2. The Kier molecular flexibility index (Phi) is 5.87. The van der Waals surface area contributed by atoms with Crippen LogP contribution in [0.1, 0.15) is 10.4 Å². The van der Waals surface area contributed by atoms with E-state index in [1.54, 1.807) is 31.3 Å². The van der Waals surface area contributed by atoms with Crippen LogP contribution in [0.3, 0.4) is 0 Å². The molecule has 0 saturated heterocycles. The standard InChI is InChI=1S/C20H18FN3O5/c1-23-16-5-3-2-4-15(16)19(27)24(20(23)28)10-11-29-17(25)12-22-18(26)13-6-8-14(21)9-7-13/h2-9H,10-12H2,1H3,(H,22,26). The van der Waals surface area contributed by atoms with Gasteiger partial charge >= 0.3 is 11.7 Å². The Hall–Kier alpha value is -3.75. The Morgan fingerprint density at radius 2 is 1.76 bits per heavy atom. The van der Waals surface area contributed by atoms with Gasteiger partial charge in [-0.25, -0.2) is 9.18 Å². The molecule has 0 atom stereocenters. The highest BCUT2D eigenvalue weighted by Gasteiger charge is 2.12. The third kappa shape index (κ3) is 4.40. The van der Waals surface area contributed by atoms with Gasteiger partial charge in [-0.05, 0) is 36.4 Å². The number of carbonyl (C=O) groups excluding carboxylic acids is 2. The highest BCUT2D eigenvalue weighted by molar-refractivity contribution is 5.95. The van der Waals surface area contributed by atoms with Gasteiger partial charge in [0.05, 0.1) is 17.4 Å². The molecule has 0 spiro atoms. The number of hydrogen-bond donors (Lipinski definition) is 1. The van der Waals surface area contributed by atoms with Gasteiger partial charge in [0.15, 0.2) is 0 Å². The zero-order valence-corrected chi connectivity index (χ0v) is 15.6. The zero-order chi connectivity index (χ0) is 21.0. The summed E-state index contributed by atoms with van der Waals surface area (Å²) in [6.45, 7) is -0.729. The van der Waals surface area contributed by atoms with E-state index in [9.17, 15) is 23.6 Å². The van der Waals surface area contributed by atoms with E-state index in [-0.39, 0.29) is 18.7 Å². The zero-order valence-electron chi connectivity index (χ0n) is 15.6. The Labute approximate surface area is 164 Å². The molecule has 0 radical (unpaired) electrons. The molecule has 150 valence electrons. The van der Waals surface area contributed by atoms with Crippen molar-refractivity contribution in [3.8, 4) is 0 Å². The van der Waals surface area contributed by atoms with Gasteiger partial charge in [0.25, 0.3) is 11.5 Å². The summed E-state index contributed by atoms with van der Waals surface area (Å²) in [7, 11) is 1.55. The second-order valence-electron chi connectivity index (χ2n) is 6.23. The van der Waals surface area contributed by atoms with Crippen LogP contribution in [0.25, 0.3) is 10.9 Å². The number of rotatable bonds is 6. The molecule has 2 aromatic carbocycles. The van der Waals surface area contributed by atoms with E-state index in [0.29, 0.717) is 10.9 Å². The highest BCUT2D eigenvalue weighted by atomic mass is 19.1. The number of halogens is 1. The van der Waals surface area contributed by atoms with Crippen LogP contribution in [0.15, 0.2) is 58.1 Å². The molecule has 1 N–H and O–H groups in total. The lowest BCUT2D eigenvalue weighted by atomic mass is 10.2. The maximum atomic E-state index is 12.9. The lowest BCUT2D eigenvalue weighted by Gasteiger charge is -2.11. The third-order valence-electron chi connectivity index (χ3n) is 4.34. The summed E-state index contributed by atoms with van der Waals surface area (Å²) in [6, 6.07) is 11.6. The average molecular weight is 399 g/mol. The van der Waals surface area contributed by atoms with Crippen LogP contribution >= 0.6 is 0 Å². The van der Waals surface area contributed by atoms with Crippen molar-refractivity contribution < 1.29 is 18.7 Å². The number of fused-ring (bicyclic) bond motifs is 1. The molecule has 29 heavy (non-hydrogen) atoms. The largest absolute Gasteiger partial charge is 0.462 e. The molecule has 0 bridgehead atoms. The molecule has 1 amide bonds. The Bertz CT molecular complexity index is 1180. The van der Waals surface area contributed by atoms with Crippen molar-refractivity contribution in [2.45, 2.75) is 6.54 Å². The molecule has 0 aliphatic heterocycles. The summed E-state index contributed by atoms with van der Waals surface area (Å²) in [6.07, 6.45) is 0. The van der Waals surface area contributed by atoms with Gasteiger partial charge in [-0.2, -0.15) is 0 Å². The molecule has 0 aliphatic carbocycles. The minimum Gasteiger partial charge on any atom is -0.462 e. The Balaban J connectivity index is 1.58. The number of ether oxygens (including phenoxy) is 1. The van der Waals surface area contributed by atoms with E-state index in [2.05, 4.69) is 5.32 Å². The monoisotopic (exact) mass is 399 g/mol. The number of hydrogen-bond acceptors (Lipinski definition) is 5. The van der Waals surface area contributed by atoms with Crippen LogP contribution in [0.2, 0.25) is 0 Å². The van der Waals surface area contributed by atoms with E-state index in [1.165, 1.54) is 16.7 Å². The summed E-state index contributed by atoms with van der Waals surface area (Å²) in [5.41, 5.74) is -0.275. The first kappa shape index (κ1) is 20.0. The van der Waals surface area contributed by atoms with Crippen LogP contribution in [0.4, 0.5) is 4.39 Å². The Morgan fingerprint density at radius 1 is 1.07 bits per heavy atom. The predicted molar refractivity (Wildman–Crippen MR) is 103 cm³/mol. The van der Waals surface area contributed by atoms with Gasteiger partial charge in [-0.1, -0.05) is 12.1 Å². The maximum absolute atomic E-state index is 12.9. The number of carbonyl (C=O) groups is 2. The van der Waals surface area contributed by atoms with E-state index in [1.807, 2.05) is 0 Å². The van der Waals surface area contributed by atoms with Crippen LogP contribution in [-0.2, 0) is 23.1 Å². The van der Waals surface area contributed by atoms with Crippen LogP contribution in [0, 0.1) is 5.82 Å². The Morgan fingerprint density at radius 3 is 2.48 bits per heavy atom. The second-order valence-corrected chi connectivity index (χ2v) is 6.23. The quantitative estimate of drug-likeness (QED) is 0.619. The molecule has 3 aromatic rings. The summed E-state index contributed by atoms with van der Waals surface area (Å²) in [5.74, 6) is -1.76. The van der Waals surface area contributed by atoms with Crippen molar-refractivity contribution >= 4 is 22.8 Å². The van der Waals surface area contributed by atoms with Crippen molar-refractivity contribution in [2.24, 2.45) is 7.05 Å². The number of aryl methyl sites for hydroxylation is 1. The molecule has 0 unspecified atom stereocenters. The van der Waals surface area contributed by atoms with Crippen molar-refractivity contribution in [3.05, 3.63) is 80.7 Å². The number of benzene rings is 2. The fourth-order valence-corrected chi connectivity index (χ4v) is 2.82. The van der Waals surface area contributed by atoms with E-state index < -0.39 is 35.5 Å². The van der Waals surface area contributed by atoms with Gasteiger partial charge < -0.3 is 10.1 Å². The molecule has 1 heterocycles. The third-order valence-corrected chi connectivity index (χ3v) is 4.34. The first-order valence-electron chi connectivity index (χ1n) is 8.76. The molecular weight excluding hydrogens is 381 g/mol. The molecule has 0 saturated carbocycles. The molecule has 8 nitrogen and oxygen atoms in total. The lowest BCUT2D eigenvalue weighted by molar-refractivity contribution is -0.142. The number of para-hydroxylation sites is 1. The van der Waals surface area contributed by atoms with Crippen molar-refractivity contribution in [1.29, 1.82) is 0 Å². The first-order chi connectivity index (χ1) is 13.9. The lowest BCUT2D eigenvalue weighted by Crippen LogP contribution is -2.40. The van der Waals surface area contributed by atoms with Gasteiger partial charge in [0.1, 0.15) is 19.0 Å². The van der Waals surface area contributed by atoms with Crippen molar-refractivity contribution in [3.63, 3.8) is 0 Å². The molecule has 0 fully saturated rings. The summed E-state index contributed by atoms with van der Waals surface area (Å²) >= 11 is 0. The van der Waals surface area contributed by atoms with Crippen molar-refractivity contribution in [1.82, 2.24) is 14.5 Å². The SMILES string of the molecule is Cn1c(=O)n(CCOC(=O)CNC(=O)c2ccc(F)cc2)c(=O)c2ccccc21. The maximum Gasteiger partial charge on any atom is 0.331 e. The number of nitrogens with one attached hydrogen (secondary N) is 1. The molecule has 3 rings (SSSR count). The number of amides is 1. The fourth-order valence-electron chi connectivity index (χ4n) is 2.82. The van der Waals surface area contributed by atoms with Gasteiger partial charge in [-0.15, -0.1) is 0 Å². The minimum atomic E-state index is -0.730. The fraction of sp³-hybridized carbons (Fsp3) is 0.200. The van der Waals surface area contributed by atoms with Crippen LogP contribution in [-0.4, -0.2) is 34.2 Å². The van der Waals surface area contributed by atoms with Gasteiger partial charge in [0.2, 0.25) is 0 Å².